The summed E-state index contributed by atoms with van der Waals surface area (Å²) < 4.78 is 0. The minimum absolute atomic E-state index is 0.218. The molecule has 0 fully saturated rings. The van der Waals surface area contributed by atoms with Crippen molar-refractivity contribution in [2.24, 2.45) is 0 Å². The van der Waals surface area contributed by atoms with E-state index in [0.717, 1.165) is 16.0 Å². The van der Waals surface area contributed by atoms with E-state index in [-0.39, 0.29) is 12.5 Å². The van der Waals surface area contributed by atoms with E-state index in [4.69, 9.17) is 10.8 Å². The molecule has 2 heterocycles. The van der Waals surface area contributed by atoms with Crippen LogP contribution < -0.4 is 10.6 Å². The van der Waals surface area contributed by atoms with Crippen LogP contribution in [0.5, 0.6) is 0 Å². The first-order chi connectivity index (χ1) is 9.90. The lowest BCUT2D eigenvalue weighted by Crippen LogP contribution is -2.43. The van der Waals surface area contributed by atoms with E-state index in [1.54, 1.807) is 25.1 Å². The summed E-state index contributed by atoms with van der Waals surface area (Å²) in [6.07, 6.45) is 0.932. The van der Waals surface area contributed by atoms with Gasteiger partial charge in [0.15, 0.2) is 0 Å². The van der Waals surface area contributed by atoms with E-state index >= 15 is 0 Å². The molecule has 0 aliphatic carbocycles. The predicted octanol–water partition coefficient (Wildman–Crippen LogP) is 2.03. The molecule has 7 heteroatoms. The number of nitrogens with two attached hydrogens (primary N) is 1. The zero-order chi connectivity index (χ0) is 15.3. The Labute approximate surface area is 120 Å². The summed E-state index contributed by atoms with van der Waals surface area (Å²) in [5.41, 5.74) is 8.58. The number of carbonyl (C=O) groups is 2. The first-order valence-corrected chi connectivity index (χ1v) is 6.50. The van der Waals surface area contributed by atoms with E-state index < -0.39 is 18.2 Å². The van der Waals surface area contributed by atoms with Crippen molar-refractivity contribution in [3.8, 4) is 0 Å². The number of hydrogen-bond donors (Lipinski definition) is 3. The highest BCUT2D eigenvalue weighted by atomic mass is 16.4. The molecule has 0 bridgehead atoms. The number of nitrogen functional groups attached to an aromatic ring is 1. The third kappa shape index (κ3) is 1.89. The quantitative estimate of drug-likeness (QED) is 0.633. The van der Waals surface area contributed by atoms with Crippen molar-refractivity contribution in [2.45, 2.75) is 18.9 Å². The van der Waals surface area contributed by atoms with E-state index in [2.05, 4.69) is 0 Å². The van der Waals surface area contributed by atoms with Gasteiger partial charge in [0.1, 0.15) is 0 Å². The van der Waals surface area contributed by atoms with Crippen molar-refractivity contribution in [1.29, 1.82) is 0 Å². The fraction of sp³-hybridized carbons (Fsp3) is 0.286. The number of benzene rings is 1. The Morgan fingerprint density at radius 3 is 2.62 bits per heavy atom. The van der Waals surface area contributed by atoms with Gasteiger partial charge in [0.2, 0.25) is 0 Å². The number of rotatable bonds is 0. The van der Waals surface area contributed by atoms with Crippen molar-refractivity contribution in [3.05, 3.63) is 35.5 Å². The Balaban J connectivity index is 2.15. The van der Waals surface area contributed by atoms with E-state index in [9.17, 15) is 14.7 Å². The Morgan fingerprint density at radius 2 is 2.00 bits per heavy atom. The van der Waals surface area contributed by atoms with Gasteiger partial charge in [-0.25, -0.2) is 9.59 Å². The number of nitrogens with zero attached hydrogens (tertiary/aromatic N) is 2. The maximum absolute atomic E-state index is 11.6. The number of hydrogen-bond acceptors (Lipinski definition) is 3. The zero-order valence-electron chi connectivity index (χ0n) is 11.4. The van der Waals surface area contributed by atoms with Gasteiger partial charge in [-0.1, -0.05) is 0 Å². The molecule has 21 heavy (non-hydrogen) atoms. The molecule has 0 saturated carbocycles. The van der Waals surface area contributed by atoms with Crippen LogP contribution in [-0.4, -0.2) is 39.9 Å². The van der Waals surface area contributed by atoms with Gasteiger partial charge in [0.25, 0.3) is 0 Å². The monoisotopic (exact) mass is 289 g/mol. The average molecular weight is 289 g/mol. The van der Waals surface area contributed by atoms with Crippen LogP contribution in [0.2, 0.25) is 0 Å². The smallest absolute Gasteiger partial charge is 0.412 e. The van der Waals surface area contributed by atoms with Gasteiger partial charge >= 0.3 is 12.2 Å². The average Bonchev–Trinajstić information content (AvgIpc) is 2.72. The lowest BCUT2D eigenvalue weighted by atomic mass is 9.91. The lowest BCUT2D eigenvalue weighted by molar-refractivity contribution is 0.157. The van der Waals surface area contributed by atoms with Gasteiger partial charge in [-0.3, -0.25) is 9.80 Å². The molecule has 4 N–H and O–H groups in total. The Morgan fingerprint density at radius 1 is 1.29 bits per heavy atom. The molecule has 0 spiro atoms. The van der Waals surface area contributed by atoms with Crippen LogP contribution in [0.15, 0.2) is 24.4 Å². The molecule has 1 aromatic rings. The molecule has 0 radical (unpaired) electrons. The highest BCUT2D eigenvalue weighted by Crippen LogP contribution is 2.46. The Kier molecular flexibility index (Phi) is 2.79. The summed E-state index contributed by atoms with van der Waals surface area (Å²) in [6, 6.07) is 3.07. The summed E-state index contributed by atoms with van der Waals surface area (Å²) in [5.74, 6) is -0.237. The second kappa shape index (κ2) is 4.41. The van der Waals surface area contributed by atoms with Gasteiger partial charge < -0.3 is 15.9 Å². The molecule has 7 nitrogen and oxygen atoms in total. The van der Waals surface area contributed by atoms with Crippen molar-refractivity contribution in [3.63, 3.8) is 0 Å². The minimum Gasteiger partial charge on any atom is -0.465 e. The van der Waals surface area contributed by atoms with Crippen molar-refractivity contribution in [2.75, 3.05) is 17.2 Å². The second-order valence-corrected chi connectivity index (χ2v) is 5.30. The number of amides is 2. The standard InChI is InChI=1S/C14H15N3O4/c1-7-4-8(15)5-9-10-6-16(13(18)19)3-2-11(10)17(12(7)9)14(20)21/h2-5,10-11H,6,15H2,1H3,(H,18,19)(H,20,21)/t10-,11+/m0/s1. The topological polar surface area (TPSA) is 107 Å². The van der Waals surface area contributed by atoms with Crippen LogP contribution in [0.1, 0.15) is 17.0 Å². The lowest BCUT2D eigenvalue weighted by Gasteiger charge is -2.30. The van der Waals surface area contributed by atoms with Crippen LogP contribution in [0.4, 0.5) is 21.0 Å². The van der Waals surface area contributed by atoms with Gasteiger partial charge in [-0.05, 0) is 36.3 Å². The minimum atomic E-state index is -1.05. The second-order valence-electron chi connectivity index (χ2n) is 5.30. The van der Waals surface area contributed by atoms with Crippen molar-refractivity contribution >= 4 is 23.6 Å². The fourth-order valence-corrected chi connectivity index (χ4v) is 3.22. The molecule has 110 valence electrons. The molecule has 2 amide bonds. The first kappa shape index (κ1) is 13.3. The summed E-state index contributed by atoms with van der Waals surface area (Å²) in [6.45, 7) is 2.03. The number of carboxylic acid groups (broad SMARTS) is 2. The third-order valence-electron chi connectivity index (χ3n) is 4.01. The fourth-order valence-electron chi connectivity index (χ4n) is 3.22. The number of anilines is 2. The molecule has 2 atom stereocenters. The summed E-state index contributed by atoms with van der Waals surface area (Å²) in [7, 11) is 0. The van der Waals surface area contributed by atoms with Crippen LogP contribution in [0.3, 0.4) is 0 Å². The van der Waals surface area contributed by atoms with E-state index in [0.29, 0.717) is 11.4 Å². The maximum Gasteiger partial charge on any atom is 0.412 e. The zero-order valence-corrected chi connectivity index (χ0v) is 11.4. The highest BCUT2D eigenvalue weighted by Gasteiger charge is 2.44. The van der Waals surface area contributed by atoms with Gasteiger partial charge in [-0.15, -0.1) is 0 Å². The van der Waals surface area contributed by atoms with Crippen LogP contribution in [0, 0.1) is 6.92 Å². The van der Waals surface area contributed by atoms with Gasteiger partial charge in [0.05, 0.1) is 11.7 Å². The number of aryl methyl sites for hydroxylation is 1. The molecule has 0 aromatic heterocycles. The van der Waals surface area contributed by atoms with Crippen molar-refractivity contribution < 1.29 is 19.8 Å². The molecule has 2 aliphatic rings. The molecular weight excluding hydrogens is 274 g/mol. The first-order valence-electron chi connectivity index (χ1n) is 6.50. The number of fused-ring (bicyclic) bond motifs is 3. The van der Waals surface area contributed by atoms with Crippen molar-refractivity contribution in [1.82, 2.24) is 4.90 Å². The molecule has 0 saturated heterocycles. The maximum atomic E-state index is 11.6. The van der Waals surface area contributed by atoms with Crippen LogP contribution in [-0.2, 0) is 0 Å². The highest BCUT2D eigenvalue weighted by molar-refractivity contribution is 5.93. The van der Waals surface area contributed by atoms with E-state index in [1.807, 2.05) is 0 Å². The largest absolute Gasteiger partial charge is 0.465 e. The summed E-state index contributed by atoms with van der Waals surface area (Å²) in [4.78, 5) is 25.2. The Bertz CT molecular complexity index is 670. The normalized spacial score (nSPS) is 22.9. The summed E-state index contributed by atoms with van der Waals surface area (Å²) >= 11 is 0. The van der Waals surface area contributed by atoms with Gasteiger partial charge in [-0.2, -0.15) is 0 Å². The molecule has 1 aromatic carbocycles. The molecular formula is C14H15N3O4. The van der Waals surface area contributed by atoms with E-state index in [1.165, 1.54) is 11.1 Å². The molecule has 0 unspecified atom stereocenters. The Hall–Kier alpha value is -2.70. The van der Waals surface area contributed by atoms with Gasteiger partial charge in [0, 0.05) is 24.4 Å². The third-order valence-corrected chi connectivity index (χ3v) is 4.01. The van der Waals surface area contributed by atoms with Crippen LogP contribution in [0.25, 0.3) is 0 Å². The molecule has 3 rings (SSSR count). The summed E-state index contributed by atoms with van der Waals surface area (Å²) in [5, 5.41) is 18.6. The SMILES string of the molecule is Cc1cc(N)cc2c1N(C(=O)O)[C@@H]1C=CN(C(=O)O)C[C@@H]21. The van der Waals surface area contributed by atoms with Crippen LogP contribution >= 0.6 is 0 Å². The molecule has 2 aliphatic heterocycles. The predicted molar refractivity (Wildman–Crippen MR) is 76.5 cm³/mol.